The van der Waals surface area contributed by atoms with E-state index in [9.17, 15) is 5.11 Å². The summed E-state index contributed by atoms with van der Waals surface area (Å²) in [6.07, 6.45) is 6.19. The number of rotatable bonds is 4. The molecule has 1 fully saturated rings. The first-order chi connectivity index (χ1) is 6.20. The van der Waals surface area contributed by atoms with E-state index in [1.54, 1.807) is 0 Å². The molecule has 0 spiro atoms. The van der Waals surface area contributed by atoms with Crippen molar-refractivity contribution in [2.24, 2.45) is 0 Å². The fourth-order valence-electron chi connectivity index (χ4n) is 2.20. The molecule has 0 aromatic heterocycles. The first kappa shape index (κ1) is 11.0. The fourth-order valence-corrected chi connectivity index (χ4v) is 2.20. The molecule has 0 bridgehead atoms. The maximum atomic E-state index is 10.2. The first-order valence-corrected chi connectivity index (χ1v) is 5.54. The highest BCUT2D eigenvalue weighted by Crippen LogP contribution is 2.30. The Morgan fingerprint density at radius 3 is 2.77 bits per heavy atom. The summed E-state index contributed by atoms with van der Waals surface area (Å²) in [7, 11) is 0. The average Bonchev–Trinajstić information content (AvgIpc) is 2.04. The second-order valence-corrected chi connectivity index (χ2v) is 4.21. The van der Waals surface area contributed by atoms with E-state index in [1.807, 2.05) is 0 Å². The Morgan fingerprint density at radius 2 is 2.15 bits per heavy atom. The zero-order chi connectivity index (χ0) is 9.73. The third-order valence-corrected chi connectivity index (χ3v) is 2.85. The molecular formula is C11H22O2. The molecular weight excluding hydrogens is 164 g/mol. The van der Waals surface area contributed by atoms with Crippen LogP contribution in [0.25, 0.3) is 0 Å². The van der Waals surface area contributed by atoms with E-state index in [-0.39, 0.29) is 0 Å². The van der Waals surface area contributed by atoms with Crippen LogP contribution in [-0.2, 0) is 4.74 Å². The van der Waals surface area contributed by atoms with Crippen molar-refractivity contribution in [1.82, 2.24) is 0 Å². The summed E-state index contributed by atoms with van der Waals surface area (Å²) in [6, 6.07) is 0. The Bertz CT molecular complexity index is 141. The molecule has 0 aromatic carbocycles. The molecule has 13 heavy (non-hydrogen) atoms. The van der Waals surface area contributed by atoms with Crippen molar-refractivity contribution in [2.45, 2.75) is 64.1 Å². The summed E-state index contributed by atoms with van der Waals surface area (Å²) >= 11 is 0. The largest absolute Gasteiger partial charge is 0.390 e. The van der Waals surface area contributed by atoms with Gasteiger partial charge in [0.2, 0.25) is 0 Å². The predicted octanol–water partition coefficient (Wildman–Crippen LogP) is 2.50. The van der Waals surface area contributed by atoms with Crippen LogP contribution in [0.1, 0.15) is 52.4 Å². The standard InChI is InChI=1S/C11H22O2/c1-3-5-10-9-11(12,6-4-2)7-8-13-10/h10,12H,3-9H2,1-2H3. The highest BCUT2D eigenvalue weighted by molar-refractivity contribution is 4.85. The maximum absolute atomic E-state index is 10.2. The molecule has 1 aliphatic rings. The summed E-state index contributed by atoms with van der Waals surface area (Å²) in [4.78, 5) is 0. The molecule has 0 aliphatic carbocycles. The number of hydrogen-bond donors (Lipinski definition) is 1. The van der Waals surface area contributed by atoms with Crippen LogP contribution in [0.3, 0.4) is 0 Å². The van der Waals surface area contributed by atoms with Gasteiger partial charge in [-0.15, -0.1) is 0 Å². The van der Waals surface area contributed by atoms with E-state index in [1.165, 1.54) is 0 Å². The van der Waals surface area contributed by atoms with E-state index in [2.05, 4.69) is 13.8 Å². The molecule has 1 rings (SSSR count). The average molecular weight is 186 g/mol. The van der Waals surface area contributed by atoms with Crippen molar-refractivity contribution in [1.29, 1.82) is 0 Å². The van der Waals surface area contributed by atoms with Crippen LogP contribution in [0, 0.1) is 0 Å². The van der Waals surface area contributed by atoms with Crippen molar-refractivity contribution in [3.63, 3.8) is 0 Å². The van der Waals surface area contributed by atoms with Gasteiger partial charge in [0.05, 0.1) is 11.7 Å². The van der Waals surface area contributed by atoms with Crippen molar-refractivity contribution < 1.29 is 9.84 Å². The van der Waals surface area contributed by atoms with Gasteiger partial charge >= 0.3 is 0 Å². The highest BCUT2D eigenvalue weighted by Gasteiger charge is 2.33. The van der Waals surface area contributed by atoms with Crippen LogP contribution in [0.5, 0.6) is 0 Å². The molecule has 0 amide bonds. The second kappa shape index (κ2) is 4.97. The lowest BCUT2D eigenvalue weighted by atomic mass is 9.85. The summed E-state index contributed by atoms with van der Waals surface area (Å²) in [6.45, 7) is 5.03. The fraction of sp³-hybridized carbons (Fsp3) is 1.00. The van der Waals surface area contributed by atoms with E-state index < -0.39 is 5.60 Å². The lowest BCUT2D eigenvalue weighted by molar-refractivity contribution is -0.109. The van der Waals surface area contributed by atoms with Gasteiger partial charge in [-0.1, -0.05) is 26.7 Å². The minimum atomic E-state index is -0.424. The smallest absolute Gasteiger partial charge is 0.0694 e. The minimum absolute atomic E-state index is 0.301. The SMILES string of the molecule is CCCC1CC(O)(CCC)CCO1. The molecule has 0 radical (unpaired) electrons. The maximum Gasteiger partial charge on any atom is 0.0694 e. The molecule has 1 aliphatic heterocycles. The number of ether oxygens (including phenoxy) is 1. The lowest BCUT2D eigenvalue weighted by Gasteiger charge is -2.36. The van der Waals surface area contributed by atoms with E-state index in [0.29, 0.717) is 6.10 Å². The molecule has 78 valence electrons. The van der Waals surface area contributed by atoms with Crippen LogP contribution in [0.2, 0.25) is 0 Å². The lowest BCUT2D eigenvalue weighted by Crippen LogP contribution is -2.40. The quantitative estimate of drug-likeness (QED) is 0.731. The van der Waals surface area contributed by atoms with Crippen LogP contribution in [0.4, 0.5) is 0 Å². The molecule has 2 atom stereocenters. The molecule has 1 saturated heterocycles. The first-order valence-electron chi connectivity index (χ1n) is 5.54. The van der Waals surface area contributed by atoms with E-state index in [0.717, 1.165) is 45.1 Å². The second-order valence-electron chi connectivity index (χ2n) is 4.21. The van der Waals surface area contributed by atoms with Crippen LogP contribution < -0.4 is 0 Å². The molecule has 2 heteroatoms. The van der Waals surface area contributed by atoms with Crippen molar-refractivity contribution in [3.8, 4) is 0 Å². The van der Waals surface area contributed by atoms with Gasteiger partial charge in [-0.05, 0) is 19.3 Å². The third-order valence-electron chi connectivity index (χ3n) is 2.85. The molecule has 0 saturated carbocycles. The Morgan fingerprint density at radius 1 is 1.38 bits per heavy atom. The Kier molecular flexibility index (Phi) is 4.20. The Balaban J connectivity index is 2.39. The normalized spacial score (nSPS) is 34.8. The van der Waals surface area contributed by atoms with Crippen LogP contribution in [-0.4, -0.2) is 23.4 Å². The molecule has 1 heterocycles. The Hall–Kier alpha value is -0.0800. The van der Waals surface area contributed by atoms with Gasteiger partial charge in [0.15, 0.2) is 0 Å². The van der Waals surface area contributed by atoms with Gasteiger partial charge in [-0.2, -0.15) is 0 Å². The zero-order valence-corrected chi connectivity index (χ0v) is 8.88. The van der Waals surface area contributed by atoms with E-state index >= 15 is 0 Å². The van der Waals surface area contributed by atoms with Gasteiger partial charge in [0, 0.05) is 13.0 Å². The molecule has 2 unspecified atom stereocenters. The third kappa shape index (κ3) is 3.28. The monoisotopic (exact) mass is 186 g/mol. The molecule has 1 N–H and O–H groups in total. The summed E-state index contributed by atoms with van der Waals surface area (Å²) in [5, 5.41) is 10.2. The van der Waals surface area contributed by atoms with E-state index in [4.69, 9.17) is 4.74 Å². The minimum Gasteiger partial charge on any atom is -0.390 e. The summed E-state index contributed by atoms with van der Waals surface area (Å²) in [5.74, 6) is 0. The van der Waals surface area contributed by atoms with Gasteiger partial charge in [-0.3, -0.25) is 0 Å². The van der Waals surface area contributed by atoms with Gasteiger partial charge in [0.1, 0.15) is 0 Å². The Labute approximate surface area is 81.3 Å². The van der Waals surface area contributed by atoms with Gasteiger partial charge in [-0.25, -0.2) is 0 Å². The number of hydrogen-bond acceptors (Lipinski definition) is 2. The van der Waals surface area contributed by atoms with Gasteiger partial charge < -0.3 is 9.84 Å². The zero-order valence-electron chi connectivity index (χ0n) is 8.88. The molecule has 0 aromatic rings. The van der Waals surface area contributed by atoms with Gasteiger partial charge in [0.25, 0.3) is 0 Å². The van der Waals surface area contributed by atoms with Crippen LogP contribution in [0.15, 0.2) is 0 Å². The topological polar surface area (TPSA) is 29.5 Å². The molecule has 2 nitrogen and oxygen atoms in total. The van der Waals surface area contributed by atoms with Crippen molar-refractivity contribution in [2.75, 3.05) is 6.61 Å². The number of aliphatic hydroxyl groups is 1. The highest BCUT2D eigenvalue weighted by atomic mass is 16.5. The van der Waals surface area contributed by atoms with Crippen molar-refractivity contribution in [3.05, 3.63) is 0 Å². The summed E-state index contributed by atoms with van der Waals surface area (Å²) in [5.41, 5.74) is -0.424. The van der Waals surface area contributed by atoms with Crippen molar-refractivity contribution >= 4 is 0 Å². The summed E-state index contributed by atoms with van der Waals surface area (Å²) < 4.78 is 5.60. The predicted molar refractivity (Wildman–Crippen MR) is 53.7 cm³/mol. The van der Waals surface area contributed by atoms with Crippen LogP contribution >= 0.6 is 0 Å².